The fourth-order valence-corrected chi connectivity index (χ4v) is 3.21. The summed E-state index contributed by atoms with van der Waals surface area (Å²) in [5, 5.41) is 8.66. The molecule has 1 heterocycles. The molecule has 1 aliphatic heterocycles. The quantitative estimate of drug-likeness (QED) is 0.693. The second-order valence-corrected chi connectivity index (χ2v) is 7.57. The van der Waals surface area contributed by atoms with E-state index in [1.54, 1.807) is 0 Å². The Morgan fingerprint density at radius 2 is 2.04 bits per heavy atom. The van der Waals surface area contributed by atoms with E-state index in [0.717, 1.165) is 36.3 Å². The van der Waals surface area contributed by atoms with Crippen molar-refractivity contribution in [3.63, 3.8) is 0 Å². The number of ether oxygens (including phenoxy) is 1. The number of amides is 1. The lowest BCUT2D eigenvalue weighted by atomic mass is 10.1. The number of nitrogens with zero attached hydrogens (tertiary/aromatic N) is 3. The van der Waals surface area contributed by atoms with Crippen LogP contribution in [0.5, 0.6) is 5.75 Å². The molecule has 1 fully saturated rings. The Labute approximate surface area is 158 Å². The van der Waals surface area contributed by atoms with Crippen molar-refractivity contribution in [3.05, 3.63) is 28.2 Å². The fraction of sp³-hybridized carbons (Fsp3) is 0.579. The van der Waals surface area contributed by atoms with Crippen molar-refractivity contribution in [1.82, 2.24) is 9.80 Å². The number of carbonyl (C=O) groups excluding carboxylic acids is 1. The van der Waals surface area contributed by atoms with Gasteiger partial charge in [0.2, 0.25) is 0 Å². The van der Waals surface area contributed by atoms with Crippen LogP contribution in [-0.2, 0) is 0 Å². The molecule has 25 heavy (non-hydrogen) atoms. The molecule has 0 atom stereocenters. The molecule has 0 spiro atoms. The van der Waals surface area contributed by atoms with Crippen LogP contribution in [0.15, 0.2) is 22.7 Å². The average Bonchev–Trinajstić information content (AvgIpc) is 2.61. The predicted molar refractivity (Wildman–Crippen MR) is 102 cm³/mol. The van der Waals surface area contributed by atoms with Gasteiger partial charge in [-0.3, -0.25) is 9.69 Å². The first-order chi connectivity index (χ1) is 12.0. The van der Waals surface area contributed by atoms with Crippen molar-refractivity contribution < 1.29 is 9.53 Å². The van der Waals surface area contributed by atoms with Crippen molar-refractivity contribution >= 4 is 21.8 Å². The monoisotopic (exact) mass is 407 g/mol. The number of halogens is 1. The minimum absolute atomic E-state index is 0.0503. The van der Waals surface area contributed by atoms with Gasteiger partial charge >= 0.3 is 0 Å². The van der Waals surface area contributed by atoms with Gasteiger partial charge in [-0.15, -0.1) is 0 Å². The van der Waals surface area contributed by atoms with E-state index >= 15 is 0 Å². The first-order valence-electron chi connectivity index (χ1n) is 8.82. The maximum Gasteiger partial charge on any atom is 0.253 e. The molecule has 1 aromatic rings. The standard InChI is InChI=1S/C19H26BrN3O2/c1-15(2)6-13-25-18-5-4-16(14-17(18)20)19(24)23-11-9-22(10-12-23)8-3-7-21/h4-5,14-15H,3,6,8-13H2,1-2H3. The SMILES string of the molecule is CC(C)CCOc1ccc(C(=O)N2CCN(CCC#N)CC2)cc1Br. The topological polar surface area (TPSA) is 56.6 Å². The van der Waals surface area contributed by atoms with Gasteiger partial charge in [-0.25, -0.2) is 0 Å². The van der Waals surface area contributed by atoms with Crippen LogP contribution in [-0.4, -0.2) is 55.0 Å². The van der Waals surface area contributed by atoms with Gasteiger partial charge < -0.3 is 9.64 Å². The van der Waals surface area contributed by atoms with Crippen molar-refractivity contribution in [2.75, 3.05) is 39.3 Å². The molecule has 0 bridgehead atoms. The Kier molecular flexibility index (Phi) is 7.73. The van der Waals surface area contributed by atoms with E-state index in [1.165, 1.54) is 0 Å². The molecule has 0 unspecified atom stereocenters. The van der Waals surface area contributed by atoms with Crippen molar-refractivity contribution in [3.8, 4) is 11.8 Å². The molecule has 5 nitrogen and oxygen atoms in total. The van der Waals surface area contributed by atoms with E-state index < -0.39 is 0 Å². The fourth-order valence-electron chi connectivity index (χ4n) is 2.72. The Morgan fingerprint density at radius 1 is 1.32 bits per heavy atom. The average molecular weight is 408 g/mol. The largest absolute Gasteiger partial charge is 0.492 e. The maximum atomic E-state index is 12.7. The number of hydrogen-bond donors (Lipinski definition) is 0. The van der Waals surface area contributed by atoms with Gasteiger partial charge in [0.15, 0.2) is 0 Å². The third-order valence-corrected chi connectivity index (χ3v) is 4.95. The van der Waals surface area contributed by atoms with Gasteiger partial charge in [-0.05, 0) is 46.5 Å². The Morgan fingerprint density at radius 3 is 2.64 bits per heavy atom. The van der Waals surface area contributed by atoms with Crippen LogP contribution in [0.1, 0.15) is 37.0 Å². The maximum absolute atomic E-state index is 12.7. The molecule has 0 N–H and O–H groups in total. The lowest BCUT2D eigenvalue weighted by molar-refractivity contribution is 0.0639. The van der Waals surface area contributed by atoms with Crippen LogP contribution in [0.2, 0.25) is 0 Å². The van der Waals surface area contributed by atoms with Crippen LogP contribution in [0, 0.1) is 17.2 Å². The highest BCUT2D eigenvalue weighted by molar-refractivity contribution is 9.10. The Bertz CT molecular complexity index is 620. The van der Waals surface area contributed by atoms with Gasteiger partial charge in [-0.2, -0.15) is 5.26 Å². The van der Waals surface area contributed by atoms with Crippen LogP contribution in [0.3, 0.4) is 0 Å². The minimum Gasteiger partial charge on any atom is -0.492 e. The summed E-state index contributed by atoms with van der Waals surface area (Å²) in [4.78, 5) is 16.8. The summed E-state index contributed by atoms with van der Waals surface area (Å²) in [7, 11) is 0. The van der Waals surface area contributed by atoms with Crippen LogP contribution < -0.4 is 4.74 Å². The number of rotatable bonds is 7. The zero-order valence-electron chi connectivity index (χ0n) is 15.0. The lowest BCUT2D eigenvalue weighted by Gasteiger charge is -2.34. The number of piperazine rings is 1. The van der Waals surface area contributed by atoms with Gasteiger partial charge in [0.1, 0.15) is 5.75 Å². The third kappa shape index (κ3) is 6.02. The van der Waals surface area contributed by atoms with E-state index in [-0.39, 0.29) is 5.91 Å². The highest BCUT2D eigenvalue weighted by Crippen LogP contribution is 2.27. The molecular weight excluding hydrogens is 382 g/mol. The summed E-state index contributed by atoms with van der Waals surface area (Å²) >= 11 is 3.51. The molecule has 136 valence electrons. The van der Waals surface area contributed by atoms with E-state index in [4.69, 9.17) is 10.00 Å². The molecule has 1 aromatic carbocycles. The summed E-state index contributed by atoms with van der Waals surface area (Å²) in [5.41, 5.74) is 0.675. The number of benzene rings is 1. The number of carbonyl (C=O) groups is 1. The molecule has 6 heteroatoms. The highest BCUT2D eigenvalue weighted by atomic mass is 79.9. The molecule has 0 radical (unpaired) electrons. The second kappa shape index (κ2) is 9.79. The summed E-state index contributed by atoms with van der Waals surface area (Å²) in [5.74, 6) is 1.43. The normalized spacial score (nSPS) is 15.2. The predicted octanol–water partition coefficient (Wildman–Crippen LogP) is 3.55. The summed E-state index contributed by atoms with van der Waals surface area (Å²) in [6.45, 7) is 8.85. The smallest absolute Gasteiger partial charge is 0.253 e. The lowest BCUT2D eigenvalue weighted by Crippen LogP contribution is -2.48. The van der Waals surface area contributed by atoms with E-state index in [1.807, 2.05) is 23.1 Å². The van der Waals surface area contributed by atoms with Crippen LogP contribution in [0.4, 0.5) is 0 Å². The van der Waals surface area contributed by atoms with Crippen molar-refractivity contribution in [2.24, 2.45) is 5.92 Å². The zero-order chi connectivity index (χ0) is 18.2. The van der Waals surface area contributed by atoms with E-state index in [0.29, 0.717) is 37.6 Å². The van der Waals surface area contributed by atoms with Gasteiger partial charge in [0, 0.05) is 44.7 Å². The number of nitriles is 1. The Hall–Kier alpha value is -1.58. The molecule has 2 rings (SSSR count). The van der Waals surface area contributed by atoms with Crippen molar-refractivity contribution in [1.29, 1.82) is 5.26 Å². The summed E-state index contributed by atoms with van der Waals surface area (Å²) < 4.78 is 6.59. The molecular formula is C19H26BrN3O2. The molecule has 0 saturated carbocycles. The first kappa shape index (κ1) is 19.7. The van der Waals surface area contributed by atoms with Gasteiger partial charge in [0.25, 0.3) is 5.91 Å². The molecule has 1 saturated heterocycles. The summed E-state index contributed by atoms with van der Waals surface area (Å²) in [6.07, 6.45) is 1.54. The van der Waals surface area contributed by atoms with Gasteiger partial charge in [-0.1, -0.05) is 13.8 Å². The van der Waals surface area contributed by atoms with Gasteiger partial charge in [0.05, 0.1) is 17.1 Å². The molecule has 0 aliphatic carbocycles. The molecule has 1 amide bonds. The first-order valence-corrected chi connectivity index (χ1v) is 9.61. The van der Waals surface area contributed by atoms with Crippen LogP contribution in [0.25, 0.3) is 0 Å². The molecule has 1 aliphatic rings. The highest BCUT2D eigenvalue weighted by Gasteiger charge is 2.22. The zero-order valence-corrected chi connectivity index (χ0v) is 16.6. The second-order valence-electron chi connectivity index (χ2n) is 6.72. The molecule has 0 aromatic heterocycles. The van der Waals surface area contributed by atoms with E-state index in [9.17, 15) is 4.79 Å². The summed E-state index contributed by atoms with van der Waals surface area (Å²) in [6, 6.07) is 7.71. The third-order valence-electron chi connectivity index (χ3n) is 4.33. The minimum atomic E-state index is 0.0503. The Balaban J connectivity index is 1.90. The van der Waals surface area contributed by atoms with E-state index in [2.05, 4.69) is 40.7 Å². The number of hydrogen-bond acceptors (Lipinski definition) is 4. The van der Waals surface area contributed by atoms with Crippen LogP contribution >= 0.6 is 15.9 Å². The van der Waals surface area contributed by atoms with Crippen molar-refractivity contribution in [2.45, 2.75) is 26.7 Å².